The van der Waals surface area contributed by atoms with Crippen LogP contribution in [-0.2, 0) is 9.47 Å². The lowest BCUT2D eigenvalue weighted by Crippen LogP contribution is -2.38. The average Bonchev–Trinajstić information content (AvgIpc) is 2.73. The fourth-order valence-corrected chi connectivity index (χ4v) is 2.91. The second-order valence-corrected chi connectivity index (χ2v) is 6.09. The van der Waals surface area contributed by atoms with Crippen molar-refractivity contribution in [3.8, 4) is 0 Å². The molecule has 1 aliphatic rings. The van der Waals surface area contributed by atoms with Crippen LogP contribution in [0.4, 0.5) is 0 Å². The number of allylic oxidation sites excluding steroid dienone is 2. The van der Waals surface area contributed by atoms with Gasteiger partial charge >= 0.3 is 0 Å². The van der Waals surface area contributed by atoms with Crippen LogP contribution in [0.1, 0.15) is 33.6 Å². The molecule has 0 saturated carbocycles. The number of aliphatic hydroxyl groups is 4. The van der Waals surface area contributed by atoms with Gasteiger partial charge in [0.05, 0.1) is 12.2 Å². The molecule has 7 unspecified atom stereocenters. The third-order valence-corrected chi connectivity index (χ3v) is 4.05. The summed E-state index contributed by atoms with van der Waals surface area (Å²) < 4.78 is 11.3. The molecule has 0 bridgehead atoms. The van der Waals surface area contributed by atoms with E-state index in [-0.39, 0.29) is 19.3 Å². The normalized spacial score (nSPS) is 33.2. The van der Waals surface area contributed by atoms with Gasteiger partial charge in [0, 0.05) is 19.1 Å². The van der Waals surface area contributed by atoms with Crippen molar-refractivity contribution in [1.82, 2.24) is 0 Å². The number of aliphatic hydroxyl groups excluding tert-OH is 4. The summed E-state index contributed by atoms with van der Waals surface area (Å²) in [6, 6.07) is 0. The first kappa shape index (κ1) is 19.5. The highest BCUT2D eigenvalue weighted by Gasteiger charge is 2.46. The lowest BCUT2D eigenvalue weighted by atomic mass is 9.95. The van der Waals surface area contributed by atoms with Crippen LogP contribution < -0.4 is 0 Å². The van der Waals surface area contributed by atoms with Crippen LogP contribution in [0.2, 0.25) is 0 Å². The fraction of sp³-hybridized carbons (Fsp3) is 0.875. The minimum atomic E-state index is -1.16. The maximum absolute atomic E-state index is 10.1. The molecule has 22 heavy (non-hydrogen) atoms. The van der Waals surface area contributed by atoms with E-state index in [1.54, 1.807) is 0 Å². The van der Waals surface area contributed by atoms with Crippen molar-refractivity contribution in [2.75, 3.05) is 13.2 Å². The van der Waals surface area contributed by atoms with Gasteiger partial charge in [0.25, 0.3) is 0 Å². The third-order valence-electron chi connectivity index (χ3n) is 4.05. The molecule has 1 rings (SSSR count). The van der Waals surface area contributed by atoms with E-state index >= 15 is 0 Å². The van der Waals surface area contributed by atoms with Gasteiger partial charge in [-0.05, 0) is 32.6 Å². The SMILES string of the molecule is C/C=C\C(C)CC(C)OC1OC(C(CO)CCO)C(O)C1O. The van der Waals surface area contributed by atoms with Crippen molar-refractivity contribution in [2.24, 2.45) is 11.8 Å². The van der Waals surface area contributed by atoms with Crippen LogP contribution in [0.5, 0.6) is 0 Å². The van der Waals surface area contributed by atoms with Crippen LogP contribution in [0, 0.1) is 11.8 Å². The van der Waals surface area contributed by atoms with E-state index in [9.17, 15) is 15.3 Å². The second kappa shape index (κ2) is 9.60. The van der Waals surface area contributed by atoms with Gasteiger partial charge in [0.1, 0.15) is 12.2 Å². The molecule has 0 aromatic carbocycles. The van der Waals surface area contributed by atoms with E-state index in [0.717, 1.165) is 6.42 Å². The molecule has 1 aliphatic heterocycles. The molecule has 6 nitrogen and oxygen atoms in total. The summed E-state index contributed by atoms with van der Waals surface area (Å²) in [6.45, 7) is 5.59. The van der Waals surface area contributed by atoms with Gasteiger partial charge < -0.3 is 29.9 Å². The summed E-state index contributed by atoms with van der Waals surface area (Å²) in [5.74, 6) is -0.0839. The molecular formula is C16H30O6. The maximum atomic E-state index is 10.1. The number of rotatable bonds is 9. The molecule has 4 N–H and O–H groups in total. The first-order valence-corrected chi connectivity index (χ1v) is 7.96. The molecule has 6 heteroatoms. The first-order chi connectivity index (χ1) is 10.4. The predicted molar refractivity (Wildman–Crippen MR) is 82.1 cm³/mol. The summed E-state index contributed by atoms with van der Waals surface area (Å²) >= 11 is 0. The highest BCUT2D eigenvalue weighted by atomic mass is 16.7. The van der Waals surface area contributed by atoms with Crippen LogP contribution in [0.3, 0.4) is 0 Å². The van der Waals surface area contributed by atoms with Gasteiger partial charge in [-0.1, -0.05) is 19.1 Å². The smallest absolute Gasteiger partial charge is 0.186 e. The number of hydrogen-bond donors (Lipinski definition) is 4. The average molecular weight is 318 g/mol. The Labute approximate surface area is 132 Å². The van der Waals surface area contributed by atoms with Gasteiger partial charge in [-0.25, -0.2) is 0 Å². The summed E-state index contributed by atoms with van der Waals surface area (Å²) in [4.78, 5) is 0. The Morgan fingerprint density at radius 2 is 1.86 bits per heavy atom. The van der Waals surface area contributed by atoms with E-state index in [4.69, 9.17) is 14.6 Å². The lowest BCUT2D eigenvalue weighted by molar-refractivity contribution is -0.196. The van der Waals surface area contributed by atoms with Gasteiger partial charge in [-0.15, -0.1) is 0 Å². The summed E-state index contributed by atoms with van der Waals surface area (Å²) in [5, 5.41) is 38.5. The van der Waals surface area contributed by atoms with Crippen LogP contribution >= 0.6 is 0 Å². The third kappa shape index (κ3) is 5.30. The number of ether oxygens (including phenoxy) is 2. The predicted octanol–water partition coefficient (Wildman–Crippen LogP) is 0.431. The minimum Gasteiger partial charge on any atom is -0.396 e. The Kier molecular flexibility index (Phi) is 8.53. The highest BCUT2D eigenvalue weighted by molar-refractivity contribution is 4.91. The van der Waals surface area contributed by atoms with Gasteiger partial charge in [0.15, 0.2) is 6.29 Å². The monoisotopic (exact) mass is 318 g/mol. The molecule has 0 aromatic rings. The Morgan fingerprint density at radius 1 is 1.18 bits per heavy atom. The molecule has 0 amide bonds. The molecule has 1 saturated heterocycles. The molecule has 0 aromatic heterocycles. The Bertz CT molecular complexity index is 335. The van der Waals surface area contributed by atoms with Gasteiger partial charge in [-0.2, -0.15) is 0 Å². The largest absolute Gasteiger partial charge is 0.396 e. The van der Waals surface area contributed by atoms with Gasteiger partial charge in [0.2, 0.25) is 0 Å². The molecule has 130 valence electrons. The number of hydrogen-bond acceptors (Lipinski definition) is 6. The zero-order chi connectivity index (χ0) is 16.7. The van der Waals surface area contributed by atoms with Crippen molar-refractivity contribution in [3.05, 3.63) is 12.2 Å². The molecular weight excluding hydrogens is 288 g/mol. The van der Waals surface area contributed by atoms with E-state index in [0.29, 0.717) is 12.3 Å². The van der Waals surface area contributed by atoms with Crippen molar-refractivity contribution in [1.29, 1.82) is 0 Å². The Balaban J connectivity index is 2.58. The molecule has 0 radical (unpaired) electrons. The Morgan fingerprint density at radius 3 is 2.41 bits per heavy atom. The molecule has 1 fully saturated rings. The topological polar surface area (TPSA) is 99.4 Å². The summed E-state index contributed by atoms with van der Waals surface area (Å²) in [7, 11) is 0. The molecule has 0 spiro atoms. The van der Waals surface area contributed by atoms with Crippen molar-refractivity contribution in [3.63, 3.8) is 0 Å². The van der Waals surface area contributed by atoms with Crippen molar-refractivity contribution >= 4 is 0 Å². The molecule has 1 heterocycles. The molecule has 0 aliphatic carbocycles. The minimum absolute atomic E-state index is 0.114. The lowest BCUT2D eigenvalue weighted by Gasteiger charge is -2.24. The summed E-state index contributed by atoms with van der Waals surface area (Å²) in [5.41, 5.74) is 0. The van der Waals surface area contributed by atoms with Crippen molar-refractivity contribution < 1.29 is 29.9 Å². The highest BCUT2D eigenvalue weighted by Crippen LogP contribution is 2.30. The quantitative estimate of drug-likeness (QED) is 0.460. The van der Waals surface area contributed by atoms with E-state index in [1.165, 1.54) is 0 Å². The molecule has 7 atom stereocenters. The first-order valence-electron chi connectivity index (χ1n) is 7.96. The summed E-state index contributed by atoms with van der Waals surface area (Å²) in [6.07, 6.45) is 1.06. The Hall–Kier alpha value is -0.500. The fourth-order valence-electron chi connectivity index (χ4n) is 2.91. The van der Waals surface area contributed by atoms with Gasteiger partial charge in [-0.3, -0.25) is 0 Å². The zero-order valence-corrected chi connectivity index (χ0v) is 13.6. The van der Waals surface area contributed by atoms with E-state index in [2.05, 4.69) is 13.0 Å². The van der Waals surface area contributed by atoms with E-state index in [1.807, 2.05) is 19.9 Å². The van der Waals surface area contributed by atoms with E-state index < -0.39 is 30.5 Å². The standard InChI is InChI=1S/C16H30O6/c1-4-5-10(2)8-11(3)21-16-14(20)13(19)15(22-16)12(9-18)6-7-17/h4-5,10-20H,6-9H2,1-3H3/b5-4-. The zero-order valence-electron chi connectivity index (χ0n) is 13.6. The van der Waals surface area contributed by atoms with Crippen LogP contribution in [0.25, 0.3) is 0 Å². The van der Waals surface area contributed by atoms with Crippen molar-refractivity contribution in [2.45, 2.75) is 64.3 Å². The van der Waals surface area contributed by atoms with Crippen LogP contribution in [-0.4, -0.2) is 64.3 Å². The maximum Gasteiger partial charge on any atom is 0.186 e. The van der Waals surface area contributed by atoms with Crippen LogP contribution in [0.15, 0.2) is 12.2 Å². The second-order valence-electron chi connectivity index (χ2n) is 6.09.